The van der Waals surface area contributed by atoms with Crippen LogP contribution in [0.4, 0.5) is 4.39 Å². The summed E-state index contributed by atoms with van der Waals surface area (Å²) in [5.41, 5.74) is 1.22. The van der Waals surface area contributed by atoms with Gasteiger partial charge < -0.3 is 10.4 Å². The van der Waals surface area contributed by atoms with E-state index in [4.69, 9.17) is 0 Å². The van der Waals surface area contributed by atoms with E-state index in [0.29, 0.717) is 5.56 Å². The molecule has 3 heteroatoms. The van der Waals surface area contributed by atoms with Crippen molar-refractivity contribution in [3.05, 3.63) is 29.1 Å². The normalized spacial score (nSPS) is 17.1. The van der Waals surface area contributed by atoms with E-state index in [1.807, 2.05) is 0 Å². The second-order valence-corrected chi connectivity index (χ2v) is 3.49. The highest BCUT2D eigenvalue weighted by molar-refractivity contribution is 5.41. The van der Waals surface area contributed by atoms with Gasteiger partial charge in [-0.25, -0.2) is 4.39 Å². The van der Waals surface area contributed by atoms with Gasteiger partial charge in [0.25, 0.3) is 0 Å². The Morgan fingerprint density at radius 1 is 1.46 bits per heavy atom. The first kappa shape index (κ1) is 8.51. The van der Waals surface area contributed by atoms with Gasteiger partial charge in [0.1, 0.15) is 0 Å². The molecule has 2 N–H and O–H groups in total. The quantitative estimate of drug-likeness (QED) is 0.688. The number of aryl methyl sites for hydroxylation is 1. The molecule has 0 amide bonds. The third-order valence-electron chi connectivity index (χ3n) is 2.56. The molecule has 0 spiro atoms. The highest BCUT2D eigenvalue weighted by atomic mass is 19.1. The minimum atomic E-state index is -0.482. The molecule has 1 aliphatic heterocycles. The summed E-state index contributed by atoms with van der Waals surface area (Å²) in [5.74, 6) is -0.383. The monoisotopic (exact) mass is 181 g/mol. The van der Waals surface area contributed by atoms with Crippen LogP contribution >= 0.6 is 0 Å². The van der Waals surface area contributed by atoms with Crippen molar-refractivity contribution in [3.8, 4) is 5.75 Å². The van der Waals surface area contributed by atoms with Crippen LogP contribution < -0.4 is 5.32 Å². The minimum absolute atomic E-state index is 0.175. The van der Waals surface area contributed by atoms with E-state index >= 15 is 0 Å². The zero-order valence-corrected chi connectivity index (χ0v) is 7.47. The van der Waals surface area contributed by atoms with Crippen LogP contribution in [0, 0.1) is 12.7 Å². The molecule has 0 bridgehead atoms. The van der Waals surface area contributed by atoms with Crippen molar-refractivity contribution in [1.29, 1.82) is 0 Å². The molecule has 0 aliphatic carbocycles. The zero-order chi connectivity index (χ0) is 9.42. The first-order chi connectivity index (χ1) is 6.20. The Kier molecular flexibility index (Phi) is 1.96. The van der Waals surface area contributed by atoms with Crippen LogP contribution in [-0.4, -0.2) is 18.2 Å². The Balaban J connectivity index is 2.41. The molecule has 1 aromatic carbocycles. The molecule has 1 saturated heterocycles. The Bertz CT molecular complexity index is 334. The van der Waals surface area contributed by atoms with Crippen LogP contribution in [0.2, 0.25) is 0 Å². The van der Waals surface area contributed by atoms with Gasteiger partial charge in [0.05, 0.1) is 0 Å². The lowest BCUT2D eigenvalue weighted by Gasteiger charge is -2.28. The Morgan fingerprint density at radius 2 is 2.15 bits per heavy atom. The molecule has 2 nitrogen and oxygen atoms in total. The second kappa shape index (κ2) is 3.00. The number of hydrogen-bond acceptors (Lipinski definition) is 2. The predicted molar refractivity (Wildman–Crippen MR) is 48.4 cm³/mol. The van der Waals surface area contributed by atoms with Gasteiger partial charge in [0, 0.05) is 24.6 Å². The summed E-state index contributed by atoms with van der Waals surface area (Å²) in [6, 6.07) is 3.52. The first-order valence-corrected chi connectivity index (χ1v) is 4.39. The van der Waals surface area contributed by atoms with Gasteiger partial charge in [-0.3, -0.25) is 0 Å². The van der Waals surface area contributed by atoms with Gasteiger partial charge in [0.2, 0.25) is 0 Å². The van der Waals surface area contributed by atoms with E-state index < -0.39 is 5.82 Å². The number of phenols is 1. The smallest absolute Gasteiger partial charge is 0.167 e. The zero-order valence-electron chi connectivity index (χ0n) is 7.47. The molecule has 0 atom stereocenters. The van der Waals surface area contributed by atoms with E-state index in [1.165, 1.54) is 0 Å². The van der Waals surface area contributed by atoms with Crippen molar-refractivity contribution in [2.45, 2.75) is 12.8 Å². The molecular weight excluding hydrogens is 169 g/mol. The summed E-state index contributed by atoms with van der Waals surface area (Å²) in [5, 5.41) is 12.6. The Morgan fingerprint density at radius 3 is 2.69 bits per heavy atom. The number of phenolic OH excluding ortho intramolecular Hbond substituents is 1. The van der Waals surface area contributed by atoms with E-state index in [1.54, 1.807) is 19.1 Å². The lowest BCUT2D eigenvalue weighted by Crippen LogP contribution is -2.39. The van der Waals surface area contributed by atoms with E-state index in [2.05, 4.69) is 5.32 Å². The van der Waals surface area contributed by atoms with Crippen LogP contribution in [0.15, 0.2) is 12.1 Å². The molecule has 70 valence electrons. The summed E-state index contributed by atoms with van der Waals surface area (Å²) in [6.07, 6.45) is 0. The Hall–Kier alpha value is -1.09. The molecule has 0 radical (unpaired) electrons. The molecule has 1 heterocycles. The van der Waals surface area contributed by atoms with Crippen molar-refractivity contribution < 1.29 is 9.50 Å². The van der Waals surface area contributed by atoms with Crippen molar-refractivity contribution in [2.24, 2.45) is 0 Å². The van der Waals surface area contributed by atoms with E-state index in [0.717, 1.165) is 18.7 Å². The number of rotatable bonds is 1. The summed E-state index contributed by atoms with van der Waals surface area (Å²) in [6.45, 7) is 3.31. The largest absolute Gasteiger partial charge is 0.505 e. The van der Waals surface area contributed by atoms with Gasteiger partial charge >= 0.3 is 0 Å². The maximum Gasteiger partial charge on any atom is 0.167 e. The highest BCUT2D eigenvalue weighted by Gasteiger charge is 2.23. The fourth-order valence-electron chi connectivity index (χ4n) is 1.52. The standard InChI is InChI=1S/C10H12FNO/c1-6-2-3-8(7-4-12-5-7)10(13)9(6)11/h2-3,7,12-13H,4-5H2,1H3. The number of halogens is 1. The molecule has 0 saturated carbocycles. The minimum Gasteiger partial charge on any atom is -0.505 e. The molecule has 1 aromatic rings. The van der Waals surface area contributed by atoms with Gasteiger partial charge in [0.15, 0.2) is 11.6 Å². The molecular formula is C10H12FNO. The molecule has 13 heavy (non-hydrogen) atoms. The molecule has 2 rings (SSSR count). The van der Waals surface area contributed by atoms with E-state index in [9.17, 15) is 9.50 Å². The topological polar surface area (TPSA) is 32.3 Å². The van der Waals surface area contributed by atoms with Crippen molar-refractivity contribution in [2.75, 3.05) is 13.1 Å². The lowest BCUT2D eigenvalue weighted by atomic mass is 9.92. The van der Waals surface area contributed by atoms with Crippen LogP contribution in [0.3, 0.4) is 0 Å². The van der Waals surface area contributed by atoms with Crippen LogP contribution in [0.1, 0.15) is 17.0 Å². The molecule has 0 unspecified atom stereocenters. The third-order valence-corrected chi connectivity index (χ3v) is 2.56. The van der Waals surface area contributed by atoms with Crippen LogP contribution in [-0.2, 0) is 0 Å². The second-order valence-electron chi connectivity index (χ2n) is 3.49. The fraction of sp³-hybridized carbons (Fsp3) is 0.400. The highest BCUT2D eigenvalue weighted by Crippen LogP contribution is 2.31. The summed E-state index contributed by atoms with van der Waals surface area (Å²) < 4.78 is 13.2. The fourth-order valence-corrected chi connectivity index (χ4v) is 1.52. The summed E-state index contributed by atoms with van der Waals surface area (Å²) in [4.78, 5) is 0. The number of benzene rings is 1. The molecule has 1 aliphatic rings. The van der Waals surface area contributed by atoms with Crippen molar-refractivity contribution in [1.82, 2.24) is 5.32 Å². The first-order valence-electron chi connectivity index (χ1n) is 4.39. The van der Waals surface area contributed by atoms with Crippen LogP contribution in [0.5, 0.6) is 5.75 Å². The maximum absolute atomic E-state index is 13.2. The van der Waals surface area contributed by atoms with E-state index in [-0.39, 0.29) is 11.7 Å². The third kappa shape index (κ3) is 1.29. The van der Waals surface area contributed by atoms with Gasteiger partial charge in [-0.2, -0.15) is 0 Å². The number of aromatic hydroxyl groups is 1. The Labute approximate surface area is 76.4 Å². The van der Waals surface area contributed by atoms with Gasteiger partial charge in [-0.15, -0.1) is 0 Å². The molecule has 0 aromatic heterocycles. The number of hydrogen-bond donors (Lipinski definition) is 2. The SMILES string of the molecule is Cc1ccc(C2CNC2)c(O)c1F. The van der Waals surface area contributed by atoms with Crippen molar-refractivity contribution >= 4 is 0 Å². The summed E-state index contributed by atoms with van der Waals surface area (Å²) >= 11 is 0. The van der Waals surface area contributed by atoms with Crippen molar-refractivity contribution in [3.63, 3.8) is 0 Å². The predicted octanol–water partition coefficient (Wildman–Crippen LogP) is 1.53. The van der Waals surface area contributed by atoms with Gasteiger partial charge in [-0.1, -0.05) is 12.1 Å². The average Bonchev–Trinajstić information content (AvgIpc) is 2.03. The van der Waals surface area contributed by atoms with Crippen LogP contribution in [0.25, 0.3) is 0 Å². The summed E-state index contributed by atoms with van der Waals surface area (Å²) in [7, 11) is 0. The maximum atomic E-state index is 13.2. The lowest BCUT2D eigenvalue weighted by molar-refractivity contribution is 0.391. The molecule has 1 fully saturated rings. The average molecular weight is 181 g/mol. The van der Waals surface area contributed by atoms with Gasteiger partial charge in [-0.05, 0) is 12.5 Å². The number of nitrogens with one attached hydrogen (secondary N) is 1.